The van der Waals surface area contributed by atoms with Gasteiger partial charge in [-0.1, -0.05) is 0 Å². The highest BCUT2D eigenvalue weighted by molar-refractivity contribution is 5.76. The van der Waals surface area contributed by atoms with Crippen LogP contribution in [0.2, 0.25) is 0 Å². The topological polar surface area (TPSA) is 44.4 Å². The first-order valence-electron chi connectivity index (χ1n) is 6.44. The summed E-state index contributed by atoms with van der Waals surface area (Å²) in [4.78, 5) is 13.2. The summed E-state index contributed by atoms with van der Waals surface area (Å²) in [5, 5.41) is 7.04. The van der Waals surface area contributed by atoms with Crippen LogP contribution >= 0.6 is 0 Å². The zero-order valence-corrected chi connectivity index (χ0v) is 10.2. The maximum atomic E-state index is 11.3. The molecule has 2 N–H and O–H groups in total. The molecule has 92 valence electrons. The predicted octanol–water partition coefficient (Wildman–Crippen LogP) is 0.196. The number of likely N-dealkylation sites (tertiary alicyclic amines) is 1. The van der Waals surface area contributed by atoms with Crippen LogP contribution in [0.4, 0.5) is 0 Å². The van der Waals surface area contributed by atoms with Crippen molar-refractivity contribution in [1.82, 2.24) is 15.5 Å². The summed E-state index contributed by atoms with van der Waals surface area (Å²) in [5.41, 5.74) is 0. The van der Waals surface area contributed by atoms with Crippen molar-refractivity contribution >= 4 is 5.91 Å². The molecular formula is C12H23N3O. The third-order valence-electron chi connectivity index (χ3n) is 3.72. The molecule has 2 fully saturated rings. The van der Waals surface area contributed by atoms with Crippen LogP contribution in [-0.4, -0.2) is 50.1 Å². The van der Waals surface area contributed by atoms with Crippen LogP contribution in [0.3, 0.4) is 0 Å². The Bertz CT molecular complexity index is 238. The van der Waals surface area contributed by atoms with Gasteiger partial charge in [0.25, 0.3) is 0 Å². The third kappa shape index (κ3) is 3.19. The largest absolute Gasteiger partial charge is 0.344 e. The molecule has 0 bridgehead atoms. The quantitative estimate of drug-likeness (QED) is 0.721. The number of hydrogen-bond donors (Lipinski definition) is 2. The SMILES string of the molecule is CN1C[C@@H](NC[C@@H]2CCCNC2)CCC1=O. The van der Waals surface area contributed by atoms with Gasteiger partial charge in [0.05, 0.1) is 0 Å². The second-order valence-electron chi connectivity index (χ2n) is 5.13. The monoisotopic (exact) mass is 225 g/mol. The lowest BCUT2D eigenvalue weighted by atomic mass is 9.98. The molecule has 4 nitrogen and oxygen atoms in total. The number of carbonyl (C=O) groups is 1. The fourth-order valence-corrected chi connectivity index (χ4v) is 2.61. The molecule has 0 aliphatic carbocycles. The number of carbonyl (C=O) groups excluding carboxylic acids is 1. The molecule has 2 saturated heterocycles. The second-order valence-corrected chi connectivity index (χ2v) is 5.13. The van der Waals surface area contributed by atoms with E-state index in [2.05, 4.69) is 10.6 Å². The minimum Gasteiger partial charge on any atom is -0.344 e. The molecule has 2 aliphatic rings. The fraction of sp³-hybridized carbons (Fsp3) is 0.917. The first-order chi connectivity index (χ1) is 7.75. The lowest BCUT2D eigenvalue weighted by molar-refractivity contribution is -0.132. The van der Waals surface area contributed by atoms with E-state index < -0.39 is 0 Å². The molecule has 0 aromatic carbocycles. The van der Waals surface area contributed by atoms with E-state index >= 15 is 0 Å². The average Bonchev–Trinajstić information content (AvgIpc) is 2.32. The van der Waals surface area contributed by atoms with Gasteiger partial charge in [-0.05, 0) is 44.8 Å². The Hall–Kier alpha value is -0.610. The van der Waals surface area contributed by atoms with Crippen molar-refractivity contribution < 1.29 is 4.79 Å². The molecule has 2 heterocycles. The highest BCUT2D eigenvalue weighted by Crippen LogP contribution is 2.12. The Morgan fingerprint density at radius 1 is 1.50 bits per heavy atom. The first kappa shape index (κ1) is 11.9. The van der Waals surface area contributed by atoms with Crippen molar-refractivity contribution in [3.63, 3.8) is 0 Å². The molecule has 0 unspecified atom stereocenters. The van der Waals surface area contributed by atoms with Gasteiger partial charge in [0, 0.05) is 26.1 Å². The lowest BCUT2D eigenvalue weighted by Gasteiger charge is -2.32. The fourth-order valence-electron chi connectivity index (χ4n) is 2.61. The van der Waals surface area contributed by atoms with E-state index in [-0.39, 0.29) is 5.91 Å². The Morgan fingerprint density at radius 2 is 2.38 bits per heavy atom. The molecule has 0 aromatic rings. The number of nitrogens with one attached hydrogen (secondary N) is 2. The van der Waals surface area contributed by atoms with E-state index in [0.717, 1.165) is 32.0 Å². The molecule has 2 rings (SSSR count). The van der Waals surface area contributed by atoms with Gasteiger partial charge in [-0.15, -0.1) is 0 Å². The van der Waals surface area contributed by atoms with Gasteiger partial charge in [0.2, 0.25) is 5.91 Å². The number of nitrogens with zero attached hydrogens (tertiary/aromatic N) is 1. The van der Waals surface area contributed by atoms with Gasteiger partial charge in [-0.2, -0.15) is 0 Å². The summed E-state index contributed by atoms with van der Waals surface area (Å²) in [6.07, 6.45) is 4.34. The number of rotatable bonds is 3. The molecule has 0 spiro atoms. The zero-order chi connectivity index (χ0) is 11.4. The van der Waals surface area contributed by atoms with Crippen LogP contribution in [0, 0.1) is 5.92 Å². The Balaban J connectivity index is 1.67. The summed E-state index contributed by atoms with van der Waals surface area (Å²) in [6, 6.07) is 0.504. The Morgan fingerprint density at radius 3 is 3.06 bits per heavy atom. The average molecular weight is 225 g/mol. The van der Waals surface area contributed by atoms with Crippen LogP contribution in [-0.2, 0) is 4.79 Å². The molecule has 2 aliphatic heterocycles. The van der Waals surface area contributed by atoms with E-state index in [1.165, 1.54) is 19.4 Å². The standard InChI is InChI=1S/C12H23N3O/c1-15-9-11(4-5-12(15)16)14-8-10-3-2-6-13-7-10/h10-11,13-14H,2-9H2,1H3/t10-,11+/m1/s1. The summed E-state index contributed by atoms with van der Waals surface area (Å²) in [6.45, 7) is 4.30. The van der Waals surface area contributed by atoms with Gasteiger partial charge in [-0.3, -0.25) is 4.79 Å². The lowest BCUT2D eigenvalue weighted by Crippen LogP contribution is -2.48. The normalized spacial score (nSPS) is 31.8. The predicted molar refractivity (Wildman–Crippen MR) is 64.3 cm³/mol. The summed E-state index contributed by atoms with van der Waals surface area (Å²) < 4.78 is 0. The Kier molecular flexibility index (Phi) is 4.18. The molecule has 0 saturated carbocycles. The third-order valence-corrected chi connectivity index (χ3v) is 3.72. The smallest absolute Gasteiger partial charge is 0.222 e. The van der Waals surface area contributed by atoms with Crippen molar-refractivity contribution in [2.24, 2.45) is 5.92 Å². The van der Waals surface area contributed by atoms with Gasteiger partial charge < -0.3 is 15.5 Å². The maximum Gasteiger partial charge on any atom is 0.222 e. The van der Waals surface area contributed by atoms with Gasteiger partial charge in [-0.25, -0.2) is 0 Å². The maximum absolute atomic E-state index is 11.3. The van der Waals surface area contributed by atoms with E-state index in [1.54, 1.807) is 0 Å². The van der Waals surface area contributed by atoms with Gasteiger partial charge in [0.15, 0.2) is 0 Å². The molecule has 1 amide bonds. The number of hydrogen-bond acceptors (Lipinski definition) is 3. The van der Waals surface area contributed by atoms with Crippen LogP contribution in [0.25, 0.3) is 0 Å². The highest BCUT2D eigenvalue weighted by Gasteiger charge is 2.23. The highest BCUT2D eigenvalue weighted by atomic mass is 16.2. The van der Waals surface area contributed by atoms with E-state index in [1.807, 2.05) is 11.9 Å². The van der Waals surface area contributed by atoms with Crippen LogP contribution in [0.1, 0.15) is 25.7 Å². The number of amides is 1. The van der Waals surface area contributed by atoms with Crippen molar-refractivity contribution in [1.29, 1.82) is 0 Å². The van der Waals surface area contributed by atoms with Crippen molar-refractivity contribution in [2.75, 3.05) is 33.2 Å². The van der Waals surface area contributed by atoms with Crippen molar-refractivity contribution in [3.05, 3.63) is 0 Å². The zero-order valence-electron chi connectivity index (χ0n) is 10.2. The molecule has 16 heavy (non-hydrogen) atoms. The van der Waals surface area contributed by atoms with E-state index in [9.17, 15) is 4.79 Å². The van der Waals surface area contributed by atoms with Crippen LogP contribution in [0.5, 0.6) is 0 Å². The minimum atomic E-state index is 0.289. The number of piperidine rings is 2. The summed E-state index contributed by atoms with van der Waals surface area (Å²) in [5.74, 6) is 1.06. The molecule has 4 heteroatoms. The molecule has 2 atom stereocenters. The molecule has 0 radical (unpaired) electrons. The minimum absolute atomic E-state index is 0.289. The van der Waals surface area contributed by atoms with E-state index in [0.29, 0.717) is 12.5 Å². The first-order valence-corrected chi connectivity index (χ1v) is 6.44. The number of likely N-dealkylation sites (N-methyl/N-ethyl adjacent to an activating group) is 1. The molecular weight excluding hydrogens is 202 g/mol. The summed E-state index contributed by atoms with van der Waals surface area (Å²) >= 11 is 0. The Labute approximate surface area is 97.8 Å². The van der Waals surface area contributed by atoms with Gasteiger partial charge >= 0.3 is 0 Å². The molecule has 0 aromatic heterocycles. The van der Waals surface area contributed by atoms with Crippen molar-refractivity contribution in [2.45, 2.75) is 31.7 Å². The second kappa shape index (κ2) is 5.64. The van der Waals surface area contributed by atoms with E-state index in [4.69, 9.17) is 0 Å². The summed E-state index contributed by atoms with van der Waals surface area (Å²) in [7, 11) is 1.90. The van der Waals surface area contributed by atoms with Crippen LogP contribution < -0.4 is 10.6 Å². The van der Waals surface area contributed by atoms with Gasteiger partial charge in [0.1, 0.15) is 0 Å². The van der Waals surface area contributed by atoms with Crippen molar-refractivity contribution in [3.8, 4) is 0 Å². The van der Waals surface area contributed by atoms with Crippen LogP contribution in [0.15, 0.2) is 0 Å².